The Bertz CT molecular complexity index is 4450. The third kappa shape index (κ3) is 6.14. The van der Waals surface area contributed by atoms with Crippen LogP contribution in [-0.2, 0) is 12.4 Å². The van der Waals surface area contributed by atoms with Gasteiger partial charge in [0.15, 0.2) is 0 Å². The number of halogens is 6. The van der Waals surface area contributed by atoms with Crippen LogP contribution >= 0.6 is 0 Å². The summed E-state index contributed by atoms with van der Waals surface area (Å²) in [6.45, 7) is 0. The van der Waals surface area contributed by atoms with Crippen molar-refractivity contribution in [1.29, 1.82) is 0 Å². The van der Waals surface area contributed by atoms with Crippen LogP contribution in [0.2, 0.25) is 0 Å². The quantitative estimate of drug-likeness (QED) is 0.153. The Hall–Kier alpha value is -9.02. The molecule has 14 rings (SSSR count). The number of para-hydroxylation sites is 6. The van der Waals surface area contributed by atoms with Gasteiger partial charge in [-0.25, -0.2) is 0 Å². The van der Waals surface area contributed by atoms with Crippen molar-refractivity contribution < 1.29 is 26.3 Å². The Balaban J connectivity index is 1.05. The molecule has 4 nitrogen and oxygen atoms in total. The van der Waals surface area contributed by atoms with Crippen molar-refractivity contribution in [3.05, 3.63) is 230 Å². The molecule has 0 radical (unpaired) electrons. The molecule has 0 atom stereocenters. The number of hydrogen-bond donors (Lipinski definition) is 0. The average Bonchev–Trinajstić information content (AvgIpc) is 4.12. The summed E-state index contributed by atoms with van der Waals surface area (Å²) in [5.74, 6) is 0. The first-order valence-corrected chi connectivity index (χ1v) is 23.5. The molecule has 0 amide bonds. The highest BCUT2D eigenvalue weighted by molar-refractivity contribution is 6.14. The number of fused-ring (bicyclic) bond motifs is 12. The Morgan fingerprint density at radius 1 is 0.264 bits per heavy atom. The van der Waals surface area contributed by atoms with Crippen LogP contribution in [0.1, 0.15) is 11.1 Å². The summed E-state index contributed by atoms with van der Waals surface area (Å²) in [5, 5.41) is 7.25. The van der Waals surface area contributed by atoms with E-state index in [0.717, 1.165) is 89.3 Å². The summed E-state index contributed by atoms with van der Waals surface area (Å²) < 4.78 is 100. The fraction of sp³-hybridized carbons (Fsp3) is 0.0323. The Kier molecular flexibility index (Phi) is 8.87. The number of aromatic nitrogens is 4. The zero-order valence-corrected chi connectivity index (χ0v) is 37.8. The monoisotopic (exact) mass is 950 g/mol. The third-order valence-electron chi connectivity index (χ3n) is 14.4. The van der Waals surface area contributed by atoms with Crippen molar-refractivity contribution in [1.82, 2.24) is 18.3 Å². The first-order valence-electron chi connectivity index (χ1n) is 23.5. The molecule has 0 N–H and O–H groups in total. The molecule has 72 heavy (non-hydrogen) atoms. The van der Waals surface area contributed by atoms with Crippen molar-refractivity contribution >= 4 is 87.2 Å². The molecule has 0 aliphatic heterocycles. The summed E-state index contributed by atoms with van der Waals surface area (Å²) >= 11 is 0. The fourth-order valence-electron chi connectivity index (χ4n) is 11.4. The molecule has 0 spiro atoms. The van der Waals surface area contributed by atoms with Crippen molar-refractivity contribution in [3.8, 4) is 33.9 Å². The molecular formula is C62H36F6N4. The minimum Gasteiger partial charge on any atom is -0.309 e. The number of nitrogens with zero attached hydrogens (tertiary/aromatic N) is 4. The highest BCUT2D eigenvalue weighted by Gasteiger charge is 2.37. The molecule has 10 heteroatoms. The van der Waals surface area contributed by atoms with E-state index in [9.17, 15) is 13.2 Å². The molecule has 0 saturated heterocycles. The van der Waals surface area contributed by atoms with Gasteiger partial charge < -0.3 is 18.3 Å². The molecule has 0 aliphatic carbocycles. The molecule has 0 aliphatic rings. The predicted octanol–water partition coefficient (Wildman–Crippen LogP) is 17.8. The number of rotatable bonds is 5. The van der Waals surface area contributed by atoms with Crippen LogP contribution in [0, 0.1) is 0 Å². The number of benzene rings is 10. The summed E-state index contributed by atoms with van der Waals surface area (Å²) in [6.07, 6.45) is -9.64. The minimum absolute atomic E-state index is 0.0793. The fourth-order valence-corrected chi connectivity index (χ4v) is 11.4. The maximum Gasteiger partial charge on any atom is 0.418 e. The zero-order valence-electron chi connectivity index (χ0n) is 37.8. The van der Waals surface area contributed by atoms with E-state index in [1.807, 2.05) is 121 Å². The molecule has 4 aromatic heterocycles. The minimum atomic E-state index is -4.92. The van der Waals surface area contributed by atoms with Crippen molar-refractivity contribution in [2.75, 3.05) is 0 Å². The summed E-state index contributed by atoms with van der Waals surface area (Å²) in [7, 11) is 0. The lowest BCUT2D eigenvalue weighted by molar-refractivity contribution is -0.138. The SMILES string of the molecule is FC(F)(F)c1cccc(-c2cc(-n3c4ccccc4c4cc(-n5c6ccccc6c6ccccc65)ccc43)c(C(F)(F)F)cc2-n2c3ccccc3c3cc(-n4c5ccccc5c5ccccc54)ccc32)c1. The van der Waals surface area contributed by atoms with Crippen molar-refractivity contribution in [2.45, 2.75) is 12.4 Å². The van der Waals surface area contributed by atoms with Crippen LogP contribution in [-0.4, -0.2) is 18.3 Å². The molecule has 4 heterocycles. The number of hydrogen-bond acceptors (Lipinski definition) is 0. The van der Waals surface area contributed by atoms with Crippen LogP contribution in [0.4, 0.5) is 26.3 Å². The first-order chi connectivity index (χ1) is 35.0. The second-order valence-corrected chi connectivity index (χ2v) is 18.3. The third-order valence-corrected chi connectivity index (χ3v) is 14.4. The molecule has 10 aromatic carbocycles. The normalized spacial score (nSPS) is 12.6. The number of alkyl halides is 6. The summed E-state index contributed by atoms with van der Waals surface area (Å²) in [6, 6.07) is 66.3. The van der Waals surface area contributed by atoms with Gasteiger partial charge in [-0.15, -0.1) is 0 Å². The topological polar surface area (TPSA) is 19.7 Å². The second-order valence-electron chi connectivity index (χ2n) is 18.3. The molecule has 14 aromatic rings. The Morgan fingerprint density at radius 3 is 1.03 bits per heavy atom. The molecule has 0 saturated carbocycles. The van der Waals surface area contributed by atoms with E-state index in [-0.39, 0.29) is 22.5 Å². The maximum atomic E-state index is 16.3. The molecule has 0 bridgehead atoms. The predicted molar refractivity (Wildman–Crippen MR) is 279 cm³/mol. The van der Waals surface area contributed by atoms with Crippen molar-refractivity contribution in [2.24, 2.45) is 0 Å². The average molecular weight is 951 g/mol. The lowest BCUT2D eigenvalue weighted by Crippen LogP contribution is -2.13. The van der Waals surface area contributed by atoms with Gasteiger partial charge in [-0.1, -0.05) is 121 Å². The van der Waals surface area contributed by atoms with E-state index in [2.05, 4.69) is 57.7 Å². The van der Waals surface area contributed by atoms with E-state index < -0.39 is 23.5 Å². The van der Waals surface area contributed by atoms with Gasteiger partial charge in [0.2, 0.25) is 0 Å². The van der Waals surface area contributed by atoms with Gasteiger partial charge in [-0.3, -0.25) is 0 Å². The van der Waals surface area contributed by atoms with Crippen LogP contribution in [0.5, 0.6) is 0 Å². The van der Waals surface area contributed by atoms with Crippen molar-refractivity contribution in [3.63, 3.8) is 0 Å². The van der Waals surface area contributed by atoms with E-state index in [4.69, 9.17) is 0 Å². The smallest absolute Gasteiger partial charge is 0.309 e. The second kappa shape index (κ2) is 15.2. The molecular weight excluding hydrogens is 915 g/mol. The van der Waals surface area contributed by atoms with Gasteiger partial charge in [0.25, 0.3) is 0 Å². The van der Waals surface area contributed by atoms with E-state index >= 15 is 13.2 Å². The van der Waals surface area contributed by atoms with Crippen LogP contribution in [0.3, 0.4) is 0 Å². The summed E-state index contributed by atoms with van der Waals surface area (Å²) in [5.41, 5.74) is 6.10. The largest absolute Gasteiger partial charge is 0.418 e. The van der Waals surface area contributed by atoms with Crippen LogP contribution < -0.4 is 0 Å². The first kappa shape index (κ1) is 41.9. The van der Waals surface area contributed by atoms with Gasteiger partial charge in [-0.2, -0.15) is 26.3 Å². The van der Waals surface area contributed by atoms with E-state index in [1.165, 1.54) is 18.2 Å². The van der Waals surface area contributed by atoms with E-state index in [1.54, 1.807) is 21.3 Å². The van der Waals surface area contributed by atoms with Gasteiger partial charge in [-0.05, 0) is 103 Å². The zero-order chi connectivity index (χ0) is 48.6. The maximum absolute atomic E-state index is 16.3. The highest BCUT2D eigenvalue weighted by atomic mass is 19.4. The van der Waals surface area contributed by atoms with Gasteiger partial charge in [0, 0.05) is 60.0 Å². The van der Waals surface area contributed by atoms with E-state index in [0.29, 0.717) is 27.5 Å². The van der Waals surface area contributed by atoms with Gasteiger partial charge in [0.05, 0.1) is 66.6 Å². The summed E-state index contributed by atoms with van der Waals surface area (Å²) in [4.78, 5) is 0. The molecule has 346 valence electrons. The van der Waals surface area contributed by atoms with Crippen LogP contribution in [0.15, 0.2) is 218 Å². The molecule has 0 unspecified atom stereocenters. The Morgan fingerprint density at radius 2 is 0.625 bits per heavy atom. The lowest BCUT2D eigenvalue weighted by Gasteiger charge is -2.22. The highest BCUT2D eigenvalue weighted by Crippen LogP contribution is 2.47. The Labute approximate surface area is 406 Å². The standard InChI is InChI=1S/C62H36F6N4/c63-61(64,65)38-15-13-14-37(32-38)47-35-60(72-56-27-12-6-21-46(56)49-34-40(29-31-58(49)72)70-53-24-9-3-18-43(53)44-19-4-10-25-54(44)70)50(62(66,67)68)36-59(47)71-55-26-11-5-20-45(55)48-33-39(28-30-57(48)71)69-51-22-7-1-16-41(51)42-17-2-8-23-52(42)69/h1-36H. The lowest BCUT2D eigenvalue weighted by atomic mass is 9.97. The molecule has 0 fully saturated rings. The van der Waals surface area contributed by atoms with Gasteiger partial charge >= 0.3 is 12.4 Å². The van der Waals surface area contributed by atoms with Gasteiger partial charge in [0.1, 0.15) is 0 Å². The van der Waals surface area contributed by atoms with Crippen LogP contribution in [0.25, 0.3) is 121 Å².